The van der Waals surface area contributed by atoms with Crippen LogP contribution < -0.4 is 10.6 Å². The van der Waals surface area contributed by atoms with Gasteiger partial charge in [0.05, 0.1) is 5.39 Å². The van der Waals surface area contributed by atoms with Crippen LogP contribution in [0.15, 0.2) is 6.07 Å². The molecule has 2 aromatic rings. The Morgan fingerprint density at radius 2 is 2.22 bits per heavy atom. The number of aliphatic hydroxyl groups excluding tert-OH is 1. The molecule has 1 atom stereocenters. The summed E-state index contributed by atoms with van der Waals surface area (Å²) in [7, 11) is 1.81. The molecular formula is C12H18N4OS. The third-order valence-corrected chi connectivity index (χ3v) is 3.63. The Bertz CT molecular complexity index is 540. The molecule has 0 bridgehead atoms. The van der Waals surface area contributed by atoms with E-state index in [-0.39, 0.29) is 12.6 Å². The van der Waals surface area contributed by atoms with Crippen LogP contribution in [0.3, 0.4) is 0 Å². The lowest BCUT2D eigenvalue weighted by molar-refractivity contribution is 0.282. The van der Waals surface area contributed by atoms with E-state index < -0.39 is 0 Å². The van der Waals surface area contributed by atoms with Gasteiger partial charge in [-0.2, -0.15) is 4.98 Å². The highest BCUT2D eigenvalue weighted by molar-refractivity contribution is 7.18. The van der Waals surface area contributed by atoms with Crippen molar-refractivity contribution in [3.05, 3.63) is 10.9 Å². The van der Waals surface area contributed by atoms with Crippen LogP contribution in [0.5, 0.6) is 0 Å². The lowest BCUT2D eigenvalue weighted by Gasteiger charge is -2.14. The van der Waals surface area contributed by atoms with Gasteiger partial charge in [0.25, 0.3) is 0 Å². The van der Waals surface area contributed by atoms with E-state index in [9.17, 15) is 0 Å². The summed E-state index contributed by atoms with van der Waals surface area (Å²) in [6.07, 6.45) is 0.698. The molecule has 0 saturated heterocycles. The first kappa shape index (κ1) is 13.0. The predicted molar refractivity (Wildman–Crippen MR) is 76.5 cm³/mol. The van der Waals surface area contributed by atoms with Gasteiger partial charge in [-0.05, 0) is 26.3 Å². The fourth-order valence-electron chi connectivity index (χ4n) is 1.76. The molecule has 0 aliphatic rings. The maximum Gasteiger partial charge on any atom is 0.225 e. The molecule has 2 heterocycles. The minimum absolute atomic E-state index is 0.171. The fraction of sp³-hybridized carbons (Fsp3) is 0.500. The van der Waals surface area contributed by atoms with Crippen molar-refractivity contribution in [2.24, 2.45) is 0 Å². The second-order valence-corrected chi connectivity index (χ2v) is 5.51. The van der Waals surface area contributed by atoms with E-state index >= 15 is 0 Å². The molecule has 0 saturated carbocycles. The summed E-state index contributed by atoms with van der Waals surface area (Å²) in [5.74, 6) is 1.44. The van der Waals surface area contributed by atoms with E-state index in [1.807, 2.05) is 14.0 Å². The lowest BCUT2D eigenvalue weighted by atomic mass is 10.2. The average molecular weight is 266 g/mol. The van der Waals surface area contributed by atoms with E-state index in [2.05, 4.69) is 33.6 Å². The van der Waals surface area contributed by atoms with Gasteiger partial charge in [-0.15, -0.1) is 11.3 Å². The van der Waals surface area contributed by atoms with Crippen molar-refractivity contribution in [3.8, 4) is 0 Å². The van der Waals surface area contributed by atoms with Crippen LogP contribution in [0, 0.1) is 6.92 Å². The number of aromatic nitrogens is 2. The Morgan fingerprint density at radius 3 is 2.89 bits per heavy atom. The first-order valence-corrected chi connectivity index (χ1v) is 6.79. The second-order valence-electron chi connectivity index (χ2n) is 4.28. The summed E-state index contributed by atoms with van der Waals surface area (Å²) in [5, 5.41) is 16.3. The third kappa shape index (κ3) is 2.70. The van der Waals surface area contributed by atoms with E-state index in [0.717, 1.165) is 16.0 Å². The highest BCUT2D eigenvalue weighted by atomic mass is 32.1. The molecule has 0 aliphatic heterocycles. The molecule has 0 radical (unpaired) electrons. The summed E-state index contributed by atoms with van der Waals surface area (Å²) in [4.78, 5) is 11.1. The second kappa shape index (κ2) is 5.49. The van der Waals surface area contributed by atoms with Crippen LogP contribution in [0.2, 0.25) is 0 Å². The van der Waals surface area contributed by atoms with Crippen molar-refractivity contribution < 1.29 is 5.11 Å². The smallest absolute Gasteiger partial charge is 0.225 e. The molecule has 2 rings (SSSR count). The normalized spacial score (nSPS) is 12.7. The molecule has 3 N–H and O–H groups in total. The van der Waals surface area contributed by atoms with Gasteiger partial charge >= 0.3 is 0 Å². The van der Waals surface area contributed by atoms with Gasteiger partial charge in [0.1, 0.15) is 10.6 Å². The van der Waals surface area contributed by atoms with Crippen molar-refractivity contribution in [2.75, 3.05) is 24.3 Å². The standard InChI is InChI=1S/C12H18N4OS/c1-7(4-5-17)14-10-9-6-8(2)18-11(9)16-12(13-3)15-10/h6-7,17H,4-5H2,1-3H3,(H2,13,14,15,16). The molecule has 18 heavy (non-hydrogen) atoms. The zero-order valence-electron chi connectivity index (χ0n) is 10.8. The molecule has 5 nitrogen and oxygen atoms in total. The highest BCUT2D eigenvalue weighted by Crippen LogP contribution is 2.29. The Morgan fingerprint density at radius 1 is 1.44 bits per heavy atom. The Hall–Kier alpha value is -1.40. The first-order valence-electron chi connectivity index (χ1n) is 5.97. The summed E-state index contributed by atoms with van der Waals surface area (Å²) in [6, 6.07) is 2.27. The minimum atomic E-state index is 0.171. The van der Waals surface area contributed by atoms with E-state index in [1.165, 1.54) is 4.88 Å². The van der Waals surface area contributed by atoms with E-state index in [0.29, 0.717) is 12.4 Å². The van der Waals surface area contributed by atoms with Gasteiger partial charge in [0.2, 0.25) is 5.95 Å². The number of rotatable bonds is 5. The minimum Gasteiger partial charge on any atom is -0.396 e. The van der Waals surface area contributed by atoms with Crippen LogP contribution >= 0.6 is 11.3 Å². The SMILES string of the molecule is CNc1nc(NC(C)CCO)c2cc(C)sc2n1. The number of hydrogen-bond donors (Lipinski definition) is 3. The van der Waals surface area contributed by atoms with Gasteiger partial charge in [0.15, 0.2) is 0 Å². The zero-order chi connectivity index (χ0) is 13.1. The van der Waals surface area contributed by atoms with Crippen LogP contribution in [0.25, 0.3) is 10.2 Å². The van der Waals surface area contributed by atoms with Crippen molar-refractivity contribution in [2.45, 2.75) is 26.3 Å². The summed E-state index contributed by atoms with van der Waals surface area (Å²) in [5.41, 5.74) is 0. The van der Waals surface area contributed by atoms with Crippen molar-refractivity contribution in [3.63, 3.8) is 0 Å². The molecule has 98 valence electrons. The molecule has 0 aromatic carbocycles. The van der Waals surface area contributed by atoms with Gasteiger partial charge < -0.3 is 15.7 Å². The predicted octanol–water partition coefficient (Wildman–Crippen LogP) is 2.22. The van der Waals surface area contributed by atoms with Gasteiger partial charge in [-0.1, -0.05) is 0 Å². The quantitative estimate of drug-likeness (QED) is 0.774. The zero-order valence-corrected chi connectivity index (χ0v) is 11.6. The van der Waals surface area contributed by atoms with Gasteiger partial charge in [0, 0.05) is 24.6 Å². The Balaban J connectivity index is 2.40. The Labute approximate surface area is 110 Å². The van der Waals surface area contributed by atoms with Crippen molar-refractivity contribution >= 4 is 33.3 Å². The molecule has 0 spiro atoms. The van der Waals surface area contributed by atoms with E-state index in [4.69, 9.17) is 5.11 Å². The number of thiophene rings is 1. The number of nitrogens with one attached hydrogen (secondary N) is 2. The molecule has 0 amide bonds. The van der Waals surface area contributed by atoms with Crippen LogP contribution in [0.1, 0.15) is 18.2 Å². The summed E-state index contributed by atoms with van der Waals surface area (Å²) in [6.45, 7) is 4.26. The van der Waals surface area contributed by atoms with Crippen LogP contribution in [0.4, 0.5) is 11.8 Å². The van der Waals surface area contributed by atoms with Gasteiger partial charge in [-0.25, -0.2) is 4.98 Å². The number of anilines is 2. The fourth-order valence-corrected chi connectivity index (χ4v) is 2.64. The largest absolute Gasteiger partial charge is 0.396 e. The summed E-state index contributed by atoms with van der Waals surface area (Å²) < 4.78 is 0. The summed E-state index contributed by atoms with van der Waals surface area (Å²) >= 11 is 1.66. The maximum atomic E-state index is 8.95. The number of nitrogens with zero attached hydrogens (tertiary/aromatic N) is 2. The number of fused-ring (bicyclic) bond motifs is 1. The first-order chi connectivity index (χ1) is 8.63. The molecule has 6 heteroatoms. The van der Waals surface area contributed by atoms with E-state index in [1.54, 1.807) is 11.3 Å². The monoisotopic (exact) mass is 266 g/mol. The van der Waals surface area contributed by atoms with Crippen molar-refractivity contribution in [1.82, 2.24) is 9.97 Å². The van der Waals surface area contributed by atoms with Crippen LogP contribution in [-0.2, 0) is 0 Å². The third-order valence-electron chi connectivity index (χ3n) is 2.68. The highest BCUT2D eigenvalue weighted by Gasteiger charge is 2.11. The van der Waals surface area contributed by atoms with Gasteiger partial charge in [-0.3, -0.25) is 0 Å². The lowest BCUT2D eigenvalue weighted by Crippen LogP contribution is -2.18. The molecule has 1 unspecified atom stereocenters. The molecular weight excluding hydrogens is 248 g/mol. The Kier molecular flexibility index (Phi) is 3.98. The van der Waals surface area contributed by atoms with Crippen molar-refractivity contribution in [1.29, 1.82) is 0 Å². The van der Waals surface area contributed by atoms with Crippen LogP contribution in [-0.4, -0.2) is 34.8 Å². The molecule has 0 aliphatic carbocycles. The number of aliphatic hydroxyl groups is 1. The molecule has 2 aromatic heterocycles. The maximum absolute atomic E-state index is 8.95. The number of hydrogen-bond acceptors (Lipinski definition) is 6. The molecule has 0 fully saturated rings. The average Bonchev–Trinajstić information content (AvgIpc) is 2.69. The number of aryl methyl sites for hydroxylation is 1. The topological polar surface area (TPSA) is 70.1 Å².